The van der Waals surface area contributed by atoms with E-state index in [9.17, 15) is 8.78 Å². The minimum atomic E-state index is -2.87. The van der Waals surface area contributed by atoms with Crippen molar-refractivity contribution in [2.75, 3.05) is 0 Å². The van der Waals surface area contributed by atoms with Gasteiger partial charge in [0.25, 0.3) is 0 Å². The Labute approximate surface area is 161 Å². The molecule has 12 heteroatoms. The van der Waals surface area contributed by atoms with Crippen LogP contribution in [0.15, 0.2) is 52.2 Å². The van der Waals surface area contributed by atoms with E-state index in [4.69, 9.17) is 4.42 Å². The fourth-order valence-corrected chi connectivity index (χ4v) is 3.27. The van der Waals surface area contributed by atoms with Gasteiger partial charge >= 0.3 is 6.61 Å². The van der Waals surface area contributed by atoms with E-state index in [-0.39, 0.29) is 5.75 Å². The zero-order valence-corrected chi connectivity index (χ0v) is 15.3. The molecule has 3 heterocycles. The predicted molar refractivity (Wildman–Crippen MR) is 94.1 cm³/mol. The Hall–Kier alpha value is -3.28. The van der Waals surface area contributed by atoms with Crippen LogP contribution in [0.2, 0.25) is 0 Å². The molecule has 4 rings (SSSR count). The van der Waals surface area contributed by atoms with Gasteiger partial charge < -0.3 is 13.7 Å². The number of ether oxygens (including phenoxy) is 1. The highest BCUT2D eigenvalue weighted by molar-refractivity contribution is 7.98. The first-order valence-electron chi connectivity index (χ1n) is 8.00. The number of nitrogens with zero attached hydrogens (tertiary/aromatic N) is 7. The summed E-state index contributed by atoms with van der Waals surface area (Å²) in [5.74, 6) is 2.29. The summed E-state index contributed by atoms with van der Waals surface area (Å²) in [6, 6.07) is 9.64. The van der Waals surface area contributed by atoms with Crippen molar-refractivity contribution in [3.05, 3.63) is 48.5 Å². The molecular weight excluding hydrogens is 392 g/mol. The summed E-state index contributed by atoms with van der Waals surface area (Å²) in [5, 5.41) is 20.6. The second-order valence-corrected chi connectivity index (χ2v) is 6.45. The lowest BCUT2D eigenvalue weighted by atomic mass is 10.3. The van der Waals surface area contributed by atoms with E-state index >= 15 is 0 Å². The number of benzene rings is 1. The van der Waals surface area contributed by atoms with Crippen molar-refractivity contribution in [2.24, 2.45) is 7.05 Å². The Morgan fingerprint density at radius 1 is 1.14 bits per heavy atom. The molecule has 0 N–H and O–H groups in total. The normalized spacial score (nSPS) is 11.3. The fraction of sp³-hybridized carbons (Fsp3) is 0.188. The minimum Gasteiger partial charge on any atom is -0.461 e. The molecule has 3 aromatic heterocycles. The summed E-state index contributed by atoms with van der Waals surface area (Å²) in [4.78, 5) is 0. The zero-order valence-electron chi connectivity index (χ0n) is 14.4. The first kappa shape index (κ1) is 18.1. The molecule has 1 aromatic carbocycles. The third kappa shape index (κ3) is 3.71. The molecule has 0 radical (unpaired) electrons. The third-order valence-electron chi connectivity index (χ3n) is 3.75. The summed E-state index contributed by atoms with van der Waals surface area (Å²) in [6.07, 6.45) is 1.57. The van der Waals surface area contributed by atoms with Crippen LogP contribution in [0.25, 0.3) is 17.3 Å². The molecule has 0 aliphatic rings. The van der Waals surface area contributed by atoms with Gasteiger partial charge in [0.1, 0.15) is 5.75 Å². The number of rotatable bonds is 7. The minimum absolute atomic E-state index is 0.0623. The summed E-state index contributed by atoms with van der Waals surface area (Å²) in [5.41, 5.74) is 0.622. The number of furan rings is 1. The lowest BCUT2D eigenvalue weighted by Gasteiger charge is -2.07. The van der Waals surface area contributed by atoms with E-state index in [0.717, 1.165) is 0 Å². The topological polar surface area (TPSA) is 96.7 Å². The van der Waals surface area contributed by atoms with Crippen LogP contribution in [0.1, 0.15) is 5.82 Å². The maximum atomic E-state index is 12.3. The van der Waals surface area contributed by atoms with Crippen LogP contribution in [0.3, 0.4) is 0 Å². The molecular formula is C16H13F2N7O2S. The van der Waals surface area contributed by atoms with Gasteiger partial charge in [0.05, 0.1) is 17.7 Å². The van der Waals surface area contributed by atoms with E-state index in [0.29, 0.717) is 34.0 Å². The summed E-state index contributed by atoms with van der Waals surface area (Å²) < 4.78 is 37.5. The van der Waals surface area contributed by atoms with Crippen molar-refractivity contribution in [1.29, 1.82) is 0 Å². The summed E-state index contributed by atoms with van der Waals surface area (Å²) in [6.45, 7) is -2.87. The SMILES string of the molecule is Cn1c(SCc2nnnn2-c2ccc(OC(F)F)cc2)nnc1-c1ccco1. The molecule has 0 spiro atoms. The maximum absolute atomic E-state index is 12.3. The standard InChI is InChI=1S/C16H13F2N7O2S/c1-24-14(12-3-2-8-26-12)20-21-16(24)28-9-13-19-22-23-25(13)10-4-6-11(7-5-10)27-15(17)18/h2-8,15H,9H2,1H3. The monoisotopic (exact) mass is 405 g/mol. The van der Waals surface area contributed by atoms with Gasteiger partial charge in [-0.2, -0.15) is 13.5 Å². The highest BCUT2D eigenvalue weighted by Crippen LogP contribution is 2.25. The molecule has 0 bridgehead atoms. The highest BCUT2D eigenvalue weighted by atomic mass is 32.2. The quantitative estimate of drug-likeness (QED) is 0.433. The number of aromatic nitrogens is 7. The van der Waals surface area contributed by atoms with Gasteiger partial charge in [0.2, 0.25) is 0 Å². The molecule has 0 aliphatic carbocycles. The van der Waals surface area contributed by atoms with E-state index < -0.39 is 6.61 Å². The molecule has 4 aromatic rings. The van der Waals surface area contributed by atoms with Crippen LogP contribution >= 0.6 is 11.8 Å². The number of tetrazole rings is 1. The highest BCUT2D eigenvalue weighted by Gasteiger charge is 2.16. The molecule has 0 saturated carbocycles. The molecule has 0 fully saturated rings. The van der Waals surface area contributed by atoms with E-state index in [1.54, 1.807) is 30.5 Å². The maximum Gasteiger partial charge on any atom is 0.387 e. The van der Waals surface area contributed by atoms with Crippen LogP contribution in [0, 0.1) is 0 Å². The molecule has 0 atom stereocenters. The average molecular weight is 405 g/mol. The van der Waals surface area contributed by atoms with E-state index in [2.05, 4.69) is 30.5 Å². The second-order valence-electron chi connectivity index (χ2n) is 5.51. The summed E-state index contributed by atoms with van der Waals surface area (Å²) >= 11 is 1.40. The number of hydrogen-bond donors (Lipinski definition) is 0. The summed E-state index contributed by atoms with van der Waals surface area (Å²) in [7, 11) is 1.84. The molecule has 0 unspecified atom stereocenters. The Morgan fingerprint density at radius 3 is 2.68 bits per heavy atom. The van der Waals surface area contributed by atoms with Crippen molar-refractivity contribution < 1.29 is 17.9 Å². The first-order valence-corrected chi connectivity index (χ1v) is 8.99. The lowest BCUT2D eigenvalue weighted by molar-refractivity contribution is -0.0498. The molecule has 9 nitrogen and oxygen atoms in total. The zero-order chi connectivity index (χ0) is 19.5. The van der Waals surface area contributed by atoms with E-state index in [1.165, 1.54) is 28.6 Å². The van der Waals surface area contributed by atoms with Gasteiger partial charge in [-0.25, -0.2) is 0 Å². The molecule has 0 aliphatic heterocycles. The lowest BCUT2D eigenvalue weighted by Crippen LogP contribution is -2.04. The third-order valence-corrected chi connectivity index (χ3v) is 4.76. The van der Waals surface area contributed by atoms with E-state index in [1.807, 2.05) is 11.6 Å². The van der Waals surface area contributed by atoms with Crippen molar-refractivity contribution in [3.8, 4) is 23.0 Å². The number of alkyl halides is 2. The van der Waals surface area contributed by atoms with Gasteiger partial charge in [0, 0.05) is 7.05 Å². The van der Waals surface area contributed by atoms with Gasteiger partial charge in [-0.05, 0) is 46.8 Å². The number of hydrogen-bond acceptors (Lipinski definition) is 8. The van der Waals surface area contributed by atoms with Crippen molar-refractivity contribution in [3.63, 3.8) is 0 Å². The first-order chi connectivity index (χ1) is 13.6. The molecule has 144 valence electrons. The number of thioether (sulfide) groups is 1. The fourth-order valence-electron chi connectivity index (χ4n) is 2.46. The number of halogens is 2. The largest absolute Gasteiger partial charge is 0.461 e. The van der Waals surface area contributed by atoms with Gasteiger partial charge in [-0.15, -0.1) is 15.3 Å². The Balaban J connectivity index is 1.48. The Bertz CT molecular complexity index is 1050. The molecule has 0 saturated heterocycles. The van der Waals surface area contributed by atoms with Crippen LogP contribution in [-0.4, -0.2) is 41.6 Å². The van der Waals surface area contributed by atoms with Gasteiger partial charge in [-0.1, -0.05) is 11.8 Å². The predicted octanol–water partition coefficient (Wildman–Crippen LogP) is 2.94. The second kappa shape index (κ2) is 7.76. The Kier molecular flexibility index (Phi) is 5.02. The van der Waals surface area contributed by atoms with Gasteiger partial charge in [0.15, 0.2) is 22.6 Å². The van der Waals surface area contributed by atoms with Gasteiger partial charge in [-0.3, -0.25) is 0 Å². The van der Waals surface area contributed by atoms with Crippen molar-refractivity contribution >= 4 is 11.8 Å². The Morgan fingerprint density at radius 2 is 1.96 bits per heavy atom. The van der Waals surface area contributed by atoms with Crippen LogP contribution in [0.5, 0.6) is 5.75 Å². The average Bonchev–Trinajstić information content (AvgIpc) is 3.41. The van der Waals surface area contributed by atoms with Crippen LogP contribution in [0.4, 0.5) is 8.78 Å². The van der Waals surface area contributed by atoms with Crippen LogP contribution in [-0.2, 0) is 12.8 Å². The molecule has 28 heavy (non-hydrogen) atoms. The smallest absolute Gasteiger partial charge is 0.387 e. The van der Waals surface area contributed by atoms with Crippen LogP contribution < -0.4 is 4.74 Å². The van der Waals surface area contributed by atoms with Crippen molar-refractivity contribution in [2.45, 2.75) is 17.5 Å². The van der Waals surface area contributed by atoms with Crippen molar-refractivity contribution in [1.82, 2.24) is 35.0 Å². The molecule has 0 amide bonds.